The van der Waals surface area contributed by atoms with Crippen molar-refractivity contribution in [3.05, 3.63) is 94.5 Å². The molecule has 2 amide bonds. The molecule has 2 heterocycles. The normalized spacial score (nSPS) is 17.8. The number of piperazine rings is 1. The Labute approximate surface area is 276 Å². The molecule has 0 spiro atoms. The van der Waals surface area contributed by atoms with Crippen molar-refractivity contribution in [2.75, 3.05) is 44.7 Å². The van der Waals surface area contributed by atoms with Gasteiger partial charge in [0.15, 0.2) is 12.1 Å². The molecule has 10 nitrogen and oxygen atoms in total. The van der Waals surface area contributed by atoms with Crippen molar-refractivity contribution in [3.63, 3.8) is 0 Å². The number of carbonyl (C=O) groups excluding carboxylic acids is 4. The minimum absolute atomic E-state index is 0.0809. The summed E-state index contributed by atoms with van der Waals surface area (Å²) in [6.07, 6.45) is -0.494. The van der Waals surface area contributed by atoms with Crippen molar-refractivity contribution in [2.24, 2.45) is 5.92 Å². The molecule has 0 bridgehead atoms. The largest absolute Gasteiger partial charge is 0.426 e. The Kier molecular flexibility index (Phi) is 10.7. The Hall–Kier alpha value is -4.54. The number of anilines is 1. The van der Waals surface area contributed by atoms with Crippen molar-refractivity contribution in [1.82, 2.24) is 9.80 Å². The molecule has 0 saturated carbocycles. The average molecular weight is 642 g/mol. The third-order valence-electron chi connectivity index (χ3n) is 8.55. The van der Waals surface area contributed by atoms with E-state index in [1.165, 1.54) is 6.92 Å². The van der Waals surface area contributed by atoms with Gasteiger partial charge in [-0.2, -0.15) is 0 Å². The van der Waals surface area contributed by atoms with E-state index in [4.69, 9.17) is 14.2 Å². The maximum absolute atomic E-state index is 14.4. The molecule has 1 fully saturated rings. The van der Waals surface area contributed by atoms with Crippen LogP contribution in [0.4, 0.5) is 5.69 Å². The highest BCUT2D eigenvalue weighted by atomic mass is 16.7. The summed E-state index contributed by atoms with van der Waals surface area (Å²) >= 11 is 0. The third-order valence-corrected chi connectivity index (χ3v) is 8.55. The number of hydrogen-bond acceptors (Lipinski definition) is 8. The van der Waals surface area contributed by atoms with Crippen LogP contribution in [0.25, 0.3) is 0 Å². The van der Waals surface area contributed by atoms with Crippen molar-refractivity contribution in [2.45, 2.75) is 52.9 Å². The quantitative estimate of drug-likeness (QED) is 0.169. The average Bonchev–Trinajstić information content (AvgIpc) is 3.07. The summed E-state index contributed by atoms with van der Waals surface area (Å²) in [6, 6.07) is 19.6. The molecular weight excluding hydrogens is 598 g/mol. The maximum Gasteiger partial charge on any atom is 0.308 e. The van der Waals surface area contributed by atoms with E-state index < -0.39 is 24.2 Å². The maximum atomic E-state index is 14.4. The lowest BCUT2D eigenvalue weighted by Crippen LogP contribution is -2.51. The number of benzene rings is 3. The Morgan fingerprint density at radius 1 is 0.830 bits per heavy atom. The summed E-state index contributed by atoms with van der Waals surface area (Å²) in [4.78, 5) is 55.6. The van der Waals surface area contributed by atoms with Gasteiger partial charge in [-0.1, -0.05) is 56.3 Å². The molecule has 3 aromatic rings. The van der Waals surface area contributed by atoms with Crippen LogP contribution >= 0.6 is 0 Å². The zero-order valence-corrected chi connectivity index (χ0v) is 27.7. The molecule has 2 aliphatic heterocycles. The number of nitrogens with one attached hydrogen (secondary N) is 1. The highest BCUT2D eigenvalue weighted by molar-refractivity contribution is 6.10. The predicted octanol–water partition coefficient (Wildman–Crippen LogP) is 5.76. The van der Waals surface area contributed by atoms with Gasteiger partial charge in [-0.25, -0.2) is 0 Å². The summed E-state index contributed by atoms with van der Waals surface area (Å²) in [5, 5.41) is 3.53. The number of ketones is 1. The van der Waals surface area contributed by atoms with Crippen LogP contribution in [0.5, 0.6) is 5.75 Å². The first-order chi connectivity index (χ1) is 22.6. The fraction of sp³-hybridized carbons (Fsp3) is 0.405. The Morgan fingerprint density at radius 3 is 2.00 bits per heavy atom. The first-order valence-electron chi connectivity index (χ1n) is 16.3. The smallest absolute Gasteiger partial charge is 0.308 e. The van der Waals surface area contributed by atoms with Crippen molar-refractivity contribution in [3.8, 4) is 5.75 Å². The number of rotatable bonds is 10. The van der Waals surface area contributed by atoms with Gasteiger partial charge in [0, 0.05) is 69.0 Å². The van der Waals surface area contributed by atoms with Crippen molar-refractivity contribution >= 4 is 29.3 Å². The zero-order valence-electron chi connectivity index (χ0n) is 27.7. The fourth-order valence-electron chi connectivity index (χ4n) is 6.24. The van der Waals surface area contributed by atoms with Crippen LogP contribution in [-0.2, 0) is 19.1 Å². The Bertz CT molecular complexity index is 1590. The second-order valence-electron chi connectivity index (χ2n) is 12.0. The standard InChI is InChI=1S/C37H43N3O7/c1-6-45-37(46-7-2)28-17-13-26(14-18-28)33-31(34(42)32-29(38-33)9-8-10-30(32)47-24(5)41)25-11-15-27(16-12-25)36(44)40-21-19-39(20-22-40)35(43)23(3)4/h8-18,23,31,33,37-38H,6-7,19-22H2,1-5H3. The minimum atomic E-state index is -0.686. The third kappa shape index (κ3) is 7.39. The predicted molar refractivity (Wildman–Crippen MR) is 177 cm³/mol. The summed E-state index contributed by atoms with van der Waals surface area (Å²) in [6.45, 7) is 11.8. The summed E-state index contributed by atoms with van der Waals surface area (Å²) < 4.78 is 17.0. The topological polar surface area (TPSA) is 114 Å². The van der Waals surface area contributed by atoms with Crippen LogP contribution < -0.4 is 10.1 Å². The molecule has 1 saturated heterocycles. The van der Waals surface area contributed by atoms with Gasteiger partial charge in [-0.3, -0.25) is 19.2 Å². The molecule has 3 aromatic carbocycles. The molecule has 0 aromatic heterocycles. The van der Waals surface area contributed by atoms with E-state index in [0.29, 0.717) is 61.8 Å². The van der Waals surface area contributed by atoms with Crippen LogP contribution in [0.1, 0.15) is 90.3 Å². The van der Waals surface area contributed by atoms with Crippen LogP contribution in [0.15, 0.2) is 66.7 Å². The molecule has 1 N–H and O–H groups in total. The van der Waals surface area contributed by atoms with E-state index in [-0.39, 0.29) is 29.3 Å². The SMILES string of the molecule is CCOC(OCC)c1ccc(C2Nc3cccc(OC(C)=O)c3C(=O)C2c2ccc(C(=O)N3CCN(C(=O)C(C)C)CC3)cc2)cc1. The first kappa shape index (κ1) is 33.8. The highest BCUT2D eigenvalue weighted by Crippen LogP contribution is 2.45. The molecule has 10 heteroatoms. The van der Waals surface area contributed by atoms with Gasteiger partial charge in [0.05, 0.1) is 17.5 Å². The van der Waals surface area contributed by atoms with Crippen molar-refractivity contribution < 1.29 is 33.4 Å². The van der Waals surface area contributed by atoms with E-state index in [1.807, 2.05) is 69.0 Å². The monoisotopic (exact) mass is 641 g/mol. The molecule has 2 atom stereocenters. The Morgan fingerprint density at radius 2 is 1.43 bits per heavy atom. The number of carbonyl (C=O) groups is 4. The lowest BCUT2D eigenvalue weighted by molar-refractivity contribution is -0.140. The molecule has 0 aliphatic carbocycles. The first-order valence-corrected chi connectivity index (χ1v) is 16.3. The van der Waals surface area contributed by atoms with Gasteiger partial charge >= 0.3 is 5.97 Å². The van der Waals surface area contributed by atoms with Gasteiger partial charge in [-0.05, 0) is 49.2 Å². The second kappa shape index (κ2) is 14.9. The molecule has 0 radical (unpaired) electrons. The van der Waals surface area contributed by atoms with Crippen LogP contribution in [-0.4, -0.2) is 72.8 Å². The number of fused-ring (bicyclic) bond motifs is 1. The number of hydrogen-bond donors (Lipinski definition) is 1. The van der Waals surface area contributed by atoms with Gasteiger partial charge < -0.3 is 29.3 Å². The van der Waals surface area contributed by atoms with Gasteiger partial charge in [0.25, 0.3) is 5.91 Å². The second-order valence-corrected chi connectivity index (χ2v) is 12.0. The summed E-state index contributed by atoms with van der Waals surface area (Å²) in [5.74, 6) is -1.30. The van der Waals surface area contributed by atoms with E-state index in [1.54, 1.807) is 35.2 Å². The number of amides is 2. The van der Waals surface area contributed by atoms with E-state index >= 15 is 0 Å². The molecular formula is C37H43N3O7. The van der Waals surface area contributed by atoms with Gasteiger partial charge in [0.2, 0.25) is 5.91 Å². The number of esters is 1. The van der Waals surface area contributed by atoms with Crippen molar-refractivity contribution in [1.29, 1.82) is 0 Å². The number of ether oxygens (including phenoxy) is 3. The summed E-state index contributed by atoms with van der Waals surface area (Å²) in [5.41, 5.74) is 3.84. The number of nitrogens with zero attached hydrogens (tertiary/aromatic N) is 2. The molecule has 5 rings (SSSR count). The van der Waals surface area contributed by atoms with Gasteiger partial charge in [-0.15, -0.1) is 0 Å². The molecule has 2 unspecified atom stereocenters. The van der Waals surface area contributed by atoms with Crippen LogP contribution in [0.3, 0.4) is 0 Å². The van der Waals surface area contributed by atoms with E-state index in [9.17, 15) is 19.2 Å². The molecule has 47 heavy (non-hydrogen) atoms. The Balaban J connectivity index is 1.44. The molecule has 2 aliphatic rings. The minimum Gasteiger partial charge on any atom is -0.426 e. The van der Waals surface area contributed by atoms with Gasteiger partial charge in [0.1, 0.15) is 5.75 Å². The van der Waals surface area contributed by atoms with Crippen LogP contribution in [0.2, 0.25) is 0 Å². The van der Waals surface area contributed by atoms with E-state index in [2.05, 4.69) is 5.32 Å². The highest BCUT2D eigenvalue weighted by Gasteiger charge is 2.39. The summed E-state index contributed by atoms with van der Waals surface area (Å²) in [7, 11) is 0. The molecule has 248 valence electrons. The lowest BCUT2D eigenvalue weighted by Gasteiger charge is -2.36. The van der Waals surface area contributed by atoms with Crippen LogP contribution in [0, 0.1) is 5.92 Å². The zero-order chi connectivity index (χ0) is 33.7. The number of Topliss-reactive ketones (excluding diaryl/α,β-unsaturated/α-hetero) is 1. The lowest BCUT2D eigenvalue weighted by atomic mass is 9.78. The van der Waals surface area contributed by atoms with E-state index in [0.717, 1.165) is 11.1 Å². The fourth-order valence-corrected chi connectivity index (χ4v) is 6.24.